The molecule has 1 aliphatic carbocycles. The van der Waals surface area contributed by atoms with Gasteiger partial charge < -0.3 is 34.3 Å². The number of nitrogens with one attached hydrogen (secondary N) is 1. The summed E-state index contributed by atoms with van der Waals surface area (Å²) < 4.78 is 57.4. The maximum atomic E-state index is 13.4. The molecule has 4 atom stereocenters. The van der Waals surface area contributed by atoms with Crippen LogP contribution < -0.4 is 5.32 Å². The van der Waals surface area contributed by atoms with Gasteiger partial charge in [-0.25, -0.2) is 9.59 Å². The van der Waals surface area contributed by atoms with E-state index < -0.39 is 49.1 Å². The third-order valence-corrected chi connectivity index (χ3v) is 6.69. The van der Waals surface area contributed by atoms with Crippen LogP contribution in [0.5, 0.6) is 0 Å². The Bertz CT molecular complexity index is 1200. The first-order chi connectivity index (χ1) is 19.6. The zero-order valence-electron chi connectivity index (χ0n) is 21.8. The Balaban J connectivity index is 1.38. The summed E-state index contributed by atoms with van der Waals surface area (Å²) in [5.74, 6) is -2.59. The predicted molar refractivity (Wildman–Crippen MR) is 134 cm³/mol. The summed E-state index contributed by atoms with van der Waals surface area (Å²) in [6, 6.07) is 5.09. The van der Waals surface area contributed by atoms with Crippen molar-refractivity contribution in [3.05, 3.63) is 53.1 Å². The van der Waals surface area contributed by atoms with Crippen LogP contribution in [0.2, 0.25) is 0 Å². The van der Waals surface area contributed by atoms with Gasteiger partial charge >= 0.3 is 18.1 Å². The molecule has 1 aromatic carbocycles. The number of nitrogens with zero attached hydrogens (tertiary/aromatic N) is 1. The molecule has 41 heavy (non-hydrogen) atoms. The molecule has 2 saturated heterocycles. The van der Waals surface area contributed by atoms with Gasteiger partial charge in [-0.15, -0.1) is 0 Å². The maximum absolute atomic E-state index is 13.4. The summed E-state index contributed by atoms with van der Waals surface area (Å²) >= 11 is 0. The molecule has 2 heterocycles. The molecule has 0 unspecified atom stereocenters. The number of aliphatic hydroxyl groups excluding tert-OH is 1. The molecule has 1 aromatic rings. The largest absolute Gasteiger partial charge is 0.456 e. The lowest BCUT2D eigenvalue weighted by molar-refractivity contribution is -0.182. The number of carbonyl (C=O) groups excluding carboxylic acids is 4. The summed E-state index contributed by atoms with van der Waals surface area (Å²) in [4.78, 5) is 51.7. The van der Waals surface area contributed by atoms with Crippen molar-refractivity contribution in [3.63, 3.8) is 0 Å². The highest BCUT2D eigenvalue weighted by Gasteiger charge is 2.44. The Morgan fingerprint density at radius 2 is 1.90 bits per heavy atom. The molecular weight excluding hydrogens is 553 g/mol. The number of carbonyl (C=O) groups is 4. The van der Waals surface area contributed by atoms with Crippen molar-refractivity contribution in [2.45, 2.75) is 49.8 Å². The molecule has 2 aliphatic heterocycles. The normalized spacial score (nSPS) is 24.1. The molecule has 4 rings (SSSR count). The van der Waals surface area contributed by atoms with Crippen LogP contribution in [0.25, 0.3) is 6.08 Å². The molecule has 14 heteroatoms. The lowest BCUT2D eigenvalue weighted by Crippen LogP contribution is -2.49. The van der Waals surface area contributed by atoms with Crippen LogP contribution in [-0.4, -0.2) is 97.4 Å². The number of aliphatic hydroxyl groups is 1. The van der Waals surface area contributed by atoms with Gasteiger partial charge in [-0.3, -0.25) is 9.59 Å². The second-order valence-corrected chi connectivity index (χ2v) is 9.57. The molecule has 11 nitrogen and oxygen atoms in total. The van der Waals surface area contributed by atoms with Crippen molar-refractivity contribution in [1.82, 2.24) is 10.2 Å². The van der Waals surface area contributed by atoms with Gasteiger partial charge in [0.1, 0.15) is 31.1 Å². The van der Waals surface area contributed by atoms with Gasteiger partial charge in [0.05, 0.1) is 12.2 Å². The second-order valence-electron chi connectivity index (χ2n) is 9.57. The van der Waals surface area contributed by atoms with Crippen LogP contribution in [0.1, 0.15) is 35.2 Å². The van der Waals surface area contributed by atoms with E-state index in [4.69, 9.17) is 19.3 Å². The van der Waals surface area contributed by atoms with Gasteiger partial charge in [-0.1, -0.05) is 12.1 Å². The summed E-state index contributed by atoms with van der Waals surface area (Å²) in [5.41, 5.74) is 0.906. The summed E-state index contributed by atoms with van der Waals surface area (Å²) in [7, 11) is 0. The summed E-state index contributed by atoms with van der Waals surface area (Å²) in [6.45, 7) is -1.50. The van der Waals surface area contributed by atoms with Crippen molar-refractivity contribution in [1.29, 1.82) is 0 Å². The average Bonchev–Trinajstić information content (AvgIpc) is 3.63. The standard InChI is InChI=1S/C27H29F3N2O9/c28-27(29,30)14-38-22(34)8-5-16-3-6-17(7-4-16)26(37)41-21-13-18(12-20-23(21)40-15-39-20)25(36)32-10-1-2-19(32)24(35)31-9-11-33/h3-8,12,19-21,23,33H,1-2,9-11,13-15H2,(H,31,35)/t19-,20-,21-,23-/m1/s1. The number of halogens is 3. The van der Waals surface area contributed by atoms with Gasteiger partial charge in [-0.05, 0) is 42.7 Å². The topological polar surface area (TPSA) is 141 Å². The Morgan fingerprint density at radius 1 is 1.15 bits per heavy atom. The SMILES string of the molecule is O=C(C=Cc1ccc(C(=O)O[C@@H]2CC(C(=O)N3CCC[C@@H]3C(=O)NCCO)=C[C@H]3OCO[C@H]32)cc1)OCC(F)(F)F. The van der Waals surface area contributed by atoms with Crippen molar-refractivity contribution in [3.8, 4) is 0 Å². The first-order valence-electron chi connectivity index (χ1n) is 12.9. The van der Waals surface area contributed by atoms with Crippen LogP contribution in [0, 0.1) is 0 Å². The van der Waals surface area contributed by atoms with Crippen LogP contribution in [0.4, 0.5) is 13.2 Å². The Hall–Kier alpha value is -3.75. The summed E-state index contributed by atoms with van der Waals surface area (Å²) in [5, 5.41) is 11.6. The van der Waals surface area contributed by atoms with Gasteiger partial charge in [0, 0.05) is 31.2 Å². The average molecular weight is 583 g/mol. The number of hydrogen-bond donors (Lipinski definition) is 2. The Morgan fingerprint density at radius 3 is 2.61 bits per heavy atom. The number of alkyl halides is 3. The third kappa shape index (κ3) is 7.93. The smallest absolute Gasteiger partial charge is 0.422 e. The lowest BCUT2D eigenvalue weighted by atomic mass is 9.91. The van der Waals surface area contributed by atoms with E-state index in [0.29, 0.717) is 30.5 Å². The van der Waals surface area contributed by atoms with E-state index >= 15 is 0 Å². The van der Waals surface area contributed by atoms with E-state index in [-0.39, 0.29) is 43.7 Å². The van der Waals surface area contributed by atoms with Crippen molar-refractivity contribution < 1.29 is 56.4 Å². The van der Waals surface area contributed by atoms with Crippen molar-refractivity contribution in [2.75, 3.05) is 33.1 Å². The molecular formula is C27H29F3N2O9. The molecule has 222 valence electrons. The van der Waals surface area contributed by atoms with Crippen LogP contribution in [0.15, 0.2) is 42.0 Å². The minimum absolute atomic E-state index is 0.0391. The van der Waals surface area contributed by atoms with Crippen LogP contribution >= 0.6 is 0 Å². The number of esters is 2. The predicted octanol–water partition coefficient (Wildman–Crippen LogP) is 1.50. The van der Waals surface area contributed by atoms with Gasteiger partial charge in [0.25, 0.3) is 0 Å². The van der Waals surface area contributed by atoms with Gasteiger partial charge in [0.2, 0.25) is 11.8 Å². The van der Waals surface area contributed by atoms with Crippen LogP contribution in [-0.2, 0) is 33.3 Å². The molecule has 2 amide bonds. The molecule has 0 aromatic heterocycles. The van der Waals surface area contributed by atoms with E-state index in [9.17, 15) is 32.3 Å². The van der Waals surface area contributed by atoms with Crippen molar-refractivity contribution in [2.24, 2.45) is 0 Å². The fourth-order valence-corrected chi connectivity index (χ4v) is 4.78. The van der Waals surface area contributed by atoms with E-state index in [2.05, 4.69) is 10.1 Å². The maximum Gasteiger partial charge on any atom is 0.422 e. The van der Waals surface area contributed by atoms with E-state index in [1.54, 1.807) is 6.08 Å². The zero-order chi connectivity index (χ0) is 29.6. The van der Waals surface area contributed by atoms with Gasteiger partial charge in [0.15, 0.2) is 6.61 Å². The molecule has 0 spiro atoms. The minimum atomic E-state index is -4.63. The zero-order valence-corrected chi connectivity index (χ0v) is 21.8. The molecule has 0 radical (unpaired) electrons. The fraction of sp³-hybridized carbons (Fsp3) is 0.481. The quantitative estimate of drug-likeness (QED) is 0.327. The van der Waals surface area contributed by atoms with E-state index in [1.165, 1.54) is 35.2 Å². The van der Waals surface area contributed by atoms with E-state index in [0.717, 1.165) is 6.08 Å². The number of benzene rings is 1. The number of likely N-dealkylation sites (tertiary alicyclic amines) is 1. The monoisotopic (exact) mass is 582 g/mol. The lowest BCUT2D eigenvalue weighted by Gasteiger charge is -2.32. The molecule has 0 bridgehead atoms. The van der Waals surface area contributed by atoms with Gasteiger partial charge in [-0.2, -0.15) is 13.2 Å². The highest BCUT2D eigenvalue weighted by Crippen LogP contribution is 2.33. The minimum Gasteiger partial charge on any atom is -0.456 e. The molecule has 3 aliphatic rings. The number of rotatable bonds is 9. The molecule has 2 fully saturated rings. The highest BCUT2D eigenvalue weighted by atomic mass is 19.4. The first-order valence-corrected chi connectivity index (χ1v) is 12.9. The number of hydrogen-bond acceptors (Lipinski definition) is 9. The van der Waals surface area contributed by atoms with E-state index in [1.807, 2.05) is 0 Å². The van der Waals surface area contributed by atoms with Crippen LogP contribution in [0.3, 0.4) is 0 Å². The summed E-state index contributed by atoms with van der Waals surface area (Å²) in [6.07, 6.45) is -1.88. The molecule has 2 N–H and O–H groups in total. The third-order valence-electron chi connectivity index (χ3n) is 6.69. The van der Waals surface area contributed by atoms with Crippen molar-refractivity contribution >= 4 is 29.8 Å². The fourth-order valence-electron chi connectivity index (χ4n) is 4.78. The number of fused-ring (bicyclic) bond motifs is 1. The first kappa shape index (κ1) is 30.2. The Kier molecular flexibility index (Phi) is 9.78. The highest BCUT2D eigenvalue weighted by molar-refractivity contribution is 5.98. The number of amides is 2. The molecule has 0 saturated carbocycles. The Labute approximate surface area is 232 Å². The number of ether oxygens (including phenoxy) is 4. The second kappa shape index (κ2) is 13.3.